The second kappa shape index (κ2) is 33.4. The SMILES string of the molecule is CC[C@H](C)[C@H](NC(=O)CNC(=O)[C@@H](NC(=O)[C@H](CCCCN)NC(=O)CNC(=O)[C@H](CO)NC(=O)[C@@H](NC(=O)[C@@H]1CCCN1C(=O)[C@@H](NC(=O)[C@H](C)NC(=O)[C@H](CO)NC(=O)[C@H](C)N)[C@@H](C)O)C(C)C)[C@@H](C)O)C(=O)O. The van der Waals surface area contributed by atoms with Gasteiger partial charge in [-0.15, -0.1) is 0 Å². The first-order valence-corrected chi connectivity index (χ1v) is 25.1. The highest BCUT2D eigenvalue weighted by molar-refractivity contribution is 5.99. The number of carbonyl (C=O) groups excluding carboxylic acids is 11. The van der Waals surface area contributed by atoms with Crippen LogP contribution in [-0.2, 0) is 57.5 Å². The van der Waals surface area contributed by atoms with Gasteiger partial charge in [-0.3, -0.25) is 52.7 Å². The third-order valence-corrected chi connectivity index (χ3v) is 12.2. The summed E-state index contributed by atoms with van der Waals surface area (Å²) >= 11 is 0. The van der Waals surface area contributed by atoms with Gasteiger partial charge in [-0.05, 0) is 78.2 Å². The number of carbonyl (C=O) groups is 12. The van der Waals surface area contributed by atoms with Crippen molar-refractivity contribution in [2.75, 3.05) is 39.4 Å². The van der Waals surface area contributed by atoms with Crippen molar-refractivity contribution in [2.24, 2.45) is 23.3 Å². The van der Waals surface area contributed by atoms with Crippen molar-refractivity contribution in [3.05, 3.63) is 0 Å². The Labute approximate surface area is 440 Å². The van der Waals surface area contributed by atoms with Crippen LogP contribution in [0.2, 0.25) is 0 Å². The molecule has 0 aromatic rings. The molecule has 0 aromatic carbocycles. The fourth-order valence-corrected chi connectivity index (χ4v) is 7.41. The van der Waals surface area contributed by atoms with Gasteiger partial charge in [0.2, 0.25) is 65.0 Å². The minimum Gasteiger partial charge on any atom is -0.480 e. The second-order valence-corrected chi connectivity index (χ2v) is 19.0. The zero-order chi connectivity index (χ0) is 58.1. The quantitative estimate of drug-likeness (QED) is 0.0271. The van der Waals surface area contributed by atoms with Crippen LogP contribution in [0.25, 0.3) is 0 Å². The monoisotopic (exact) mass is 1090 g/mol. The Kier molecular flexibility index (Phi) is 29.7. The number of unbranched alkanes of at least 4 members (excludes halogenated alkanes) is 1. The van der Waals surface area contributed by atoms with Crippen LogP contribution in [0.5, 0.6) is 0 Å². The van der Waals surface area contributed by atoms with Crippen LogP contribution < -0.4 is 64.6 Å². The Hall–Kier alpha value is -6.60. The number of nitrogens with two attached hydrogens (primary N) is 2. The number of hydrogen-bond acceptors (Lipinski definition) is 18. The smallest absolute Gasteiger partial charge is 0.326 e. The maximum absolute atomic E-state index is 13.8. The normalized spacial score (nSPS) is 17.9. The van der Waals surface area contributed by atoms with E-state index in [1.165, 1.54) is 27.7 Å². The first-order chi connectivity index (χ1) is 35.6. The lowest BCUT2D eigenvalue weighted by atomic mass is 9.99. The van der Waals surface area contributed by atoms with Crippen LogP contribution in [0, 0.1) is 11.8 Å². The second-order valence-electron chi connectivity index (χ2n) is 19.0. The molecule has 11 amide bonds. The molecule has 0 aromatic heterocycles. The Balaban J connectivity index is 3.03. The zero-order valence-corrected chi connectivity index (χ0v) is 44.3. The minimum absolute atomic E-state index is 0.00348. The van der Waals surface area contributed by atoms with E-state index in [9.17, 15) is 83.1 Å². The molecular formula is C46H81N13O17. The number of nitrogens with one attached hydrogen (secondary N) is 10. The number of nitrogens with zero attached hydrogens (tertiary/aromatic N) is 1. The lowest BCUT2D eigenvalue weighted by Gasteiger charge is -2.32. The number of aliphatic hydroxyl groups is 4. The molecule has 1 fully saturated rings. The van der Waals surface area contributed by atoms with Crippen molar-refractivity contribution >= 4 is 70.9 Å². The molecule has 0 spiro atoms. The molecule has 19 N–H and O–H groups in total. The molecule has 0 aliphatic carbocycles. The van der Waals surface area contributed by atoms with E-state index >= 15 is 0 Å². The molecule has 0 radical (unpaired) electrons. The van der Waals surface area contributed by atoms with E-state index in [0.717, 1.165) is 4.90 Å². The largest absolute Gasteiger partial charge is 0.480 e. The Morgan fingerprint density at radius 2 is 1.11 bits per heavy atom. The number of carboxylic acid groups (broad SMARTS) is 1. The predicted octanol–water partition coefficient (Wildman–Crippen LogP) is -7.88. The number of likely N-dealkylation sites (tertiary alicyclic amines) is 1. The Bertz CT molecular complexity index is 2030. The highest BCUT2D eigenvalue weighted by Crippen LogP contribution is 2.20. The van der Waals surface area contributed by atoms with Crippen LogP contribution in [0.1, 0.15) is 93.9 Å². The van der Waals surface area contributed by atoms with Gasteiger partial charge in [-0.1, -0.05) is 34.1 Å². The maximum atomic E-state index is 13.8. The summed E-state index contributed by atoms with van der Waals surface area (Å²) in [7, 11) is 0. The first-order valence-electron chi connectivity index (χ1n) is 25.1. The first kappa shape index (κ1) is 67.4. The van der Waals surface area contributed by atoms with Crippen LogP contribution >= 0.6 is 0 Å². The van der Waals surface area contributed by atoms with Gasteiger partial charge in [0.05, 0.1) is 44.6 Å². The summed E-state index contributed by atoms with van der Waals surface area (Å²) in [5, 5.41) is 73.3. The molecule has 0 unspecified atom stereocenters. The highest BCUT2D eigenvalue weighted by atomic mass is 16.4. The van der Waals surface area contributed by atoms with Crippen LogP contribution in [0.4, 0.5) is 0 Å². The summed E-state index contributed by atoms with van der Waals surface area (Å²) < 4.78 is 0. The molecule has 13 atom stereocenters. The maximum Gasteiger partial charge on any atom is 0.326 e. The van der Waals surface area contributed by atoms with Crippen molar-refractivity contribution in [3.63, 3.8) is 0 Å². The lowest BCUT2D eigenvalue weighted by molar-refractivity contribution is -0.145. The fraction of sp³-hybridized carbons (Fsp3) is 0.739. The molecule has 1 aliphatic heterocycles. The molecule has 1 heterocycles. The number of aliphatic hydroxyl groups excluding tert-OH is 4. The molecule has 0 saturated carbocycles. The van der Waals surface area contributed by atoms with Gasteiger partial charge in [0, 0.05) is 6.54 Å². The summed E-state index contributed by atoms with van der Waals surface area (Å²) in [6, 6.07) is -14.0. The van der Waals surface area contributed by atoms with Crippen molar-refractivity contribution in [3.8, 4) is 0 Å². The summed E-state index contributed by atoms with van der Waals surface area (Å²) in [6.45, 7) is 8.31. The molecule has 0 bridgehead atoms. The number of amides is 11. The molecule has 30 heteroatoms. The van der Waals surface area contributed by atoms with E-state index in [-0.39, 0.29) is 25.9 Å². The van der Waals surface area contributed by atoms with E-state index in [0.29, 0.717) is 25.7 Å². The van der Waals surface area contributed by atoms with Crippen molar-refractivity contribution < 1.29 is 83.1 Å². The molecule has 30 nitrogen and oxygen atoms in total. The van der Waals surface area contributed by atoms with Gasteiger partial charge in [-0.2, -0.15) is 0 Å². The minimum atomic E-state index is -1.69. The third kappa shape index (κ3) is 21.9. The van der Waals surface area contributed by atoms with Crippen LogP contribution in [0.15, 0.2) is 0 Å². The number of hydrogen-bond donors (Lipinski definition) is 17. The number of aliphatic carboxylic acids is 1. The lowest BCUT2D eigenvalue weighted by Crippen LogP contribution is -2.62. The van der Waals surface area contributed by atoms with Gasteiger partial charge < -0.3 is 95.1 Å². The van der Waals surface area contributed by atoms with Gasteiger partial charge in [0.1, 0.15) is 54.4 Å². The summed E-state index contributed by atoms with van der Waals surface area (Å²) in [5.41, 5.74) is 11.1. The van der Waals surface area contributed by atoms with Gasteiger partial charge >= 0.3 is 5.97 Å². The van der Waals surface area contributed by atoms with Crippen molar-refractivity contribution in [1.82, 2.24) is 58.1 Å². The molecule has 1 saturated heterocycles. The van der Waals surface area contributed by atoms with E-state index in [4.69, 9.17) is 11.5 Å². The highest BCUT2D eigenvalue weighted by Gasteiger charge is 2.42. The Morgan fingerprint density at radius 1 is 0.579 bits per heavy atom. The average Bonchev–Trinajstić information content (AvgIpc) is 3.86. The van der Waals surface area contributed by atoms with Crippen molar-refractivity contribution in [1.29, 1.82) is 0 Å². The zero-order valence-electron chi connectivity index (χ0n) is 44.3. The number of carboxylic acids is 1. The molecule has 432 valence electrons. The standard InChI is InChI=1S/C46H81N13O17/c1-9-22(4)34(46(75)76)55-32(65)18-50-43(72)35(25(7)62)57-40(69)27(13-10-11-15-47)52-31(64)17-49-39(68)28(19-60)54-44(73)33(21(2)3)56-42(71)30-14-12-16-59(30)45(74)36(26(8)63)58-38(67)24(6)51-41(70)29(20-61)53-37(66)23(5)48/h21-30,33-36,60-63H,9-20,47-48H2,1-8H3,(H,49,68)(H,50,72)(H,51,70)(H,52,64)(H,53,66)(H,54,73)(H,55,65)(H,56,71)(H,57,69)(H,58,67)(H,75,76)/t22-,23-,24-,25+,26+,27-,28-,29-,30-,33-,34-,35-,36-/m0/s1. The van der Waals surface area contributed by atoms with Gasteiger partial charge in [0.15, 0.2) is 0 Å². The average molecular weight is 1090 g/mol. The molecular weight excluding hydrogens is 1010 g/mol. The summed E-state index contributed by atoms with van der Waals surface area (Å²) in [6.07, 6.45) is -1.55. The molecule has 1 aliphatic rings. The van der Waals surface area contributed by atoms with E-state index in [2.05, 4.69) is 53.2 Å². The summed E-state index contributed by atoms with van der Waals surface area (Å²) in [5.74, 6) is -12.5. The predicted molar refractivity (Wildman–Crippen MR) is 268 cm³/mol. The molecule has 1 rings (SSSR count). The topological polar surface area (TPSA) is 482 Å². The van der Waals surface area contributed by atoms with Crippen molar-refractivity contribution in [2.45, 2.75) is 167 Å². The number of rotatable bonds is 33. The van der Waals surface area contributed by atoms with Crippen LogP contribution in [0.3, 0.4) is 0 Å². The molecule has 76 heavy (non-hydrogen) atoms. The van der Waals surface area contributed by atoms with Gasteiger partial charge in [0.25, 0.3) is 0 Å². The Morgan fingerprint density at radius 3 is 1.62 bits per heavy atom. The summed E-state index contributed by atoms with van der Waals surface area (Å²) in [4.78, 5) is 157. The van der Waals surface area contributed by atoms with E-state index < -0.39 is 182 Å². The van der Waals surface area contributed by atoms with E-state index in [1.807, 2.05) is 0 Å². The van der Waals surface area contributed by atoms with Gasteiger partial charge in [-0.25, -0.2) is 4.79 Å². The van der Waals surface area contributed by atoms with Crippen LogP contribution in [-0.4, -0.2) is 213 Å². The fourth-order valence-electron chi connectivity index (χ4n) is 7.41. The third-order valence-electron chi connectivity index (χ3n) is 12.2. The van der Waals surface area contributed by atoms with E-state index in [1.54, 1.807) is 27.7 Å².